The minimum absolute atomic E-state index is 0.0807. The maximum atomic E-state index is 12.7. The number of hydrogen-bond acceptors (Lipinski definition) is 4. The first kappa shape index (κ1) is 18.0. The van der Waals surface area contributed by atoms with Crippen LogP contribution in [0.3, 0.4) is 0 Å². The molecule has 0 bridgehead atoms. The third kappa shape index (κ3) is 3.31. The number of rotatable bonds is 3. The lowest BCUT2D eigenvalue weighted by molar-refractivity contribution is -0.161. The number of carbonyl (C=O) groups is 2. The number of carbonyl (C=O) groups excluding carboxylic acids is 2. The molecule has 4 rings (SSSR count). The lowest BCUT2D eigenvalue weighted by Crippen LogP contribution is -2.47. The highest BCUT2D eigenvalue weighted by atomic mass is 35.5. The van der Waals surface area contributed by atoms with Crippen molar-refractivity contribution in [3.05, 3.63) is 69.7 Å². The van der Waals surface area contributed by atoms with Crippen molar-refractivity contribution in [3.8, 4) is 0 Å². The number of benzene rings is 2. The molecule has 8 heteroatoms. The number of thioether (sulfide) groups is 2. The van der Waals surface area contributed by atoms with Crippen LogP contribution in [0, 0.1) is 0 Å². The number of hydrogen-bond donors (Lipinski definition) is 0. The summed E-state index contributed by atoms with van der Waals surface area (Å²) in [6.07, 6.45) is 0. The van der Waals surface area contributed by atoms with E-state index < -0.39 is 0 Å². The molecule has 0 saturated carbocycles. The zero-order chi connectivity index (χ0) is 18.3. The van der Waals surface area contributed by atoms with Crippen LogP contribution in [0.4, 0.5) is 0 Å². The summed E-state index contributed by atoms with van der Waals surface area (Å²) in [6.45, 7) is 0. The predicted molar refractivity (Wildman–Crippen MR) is 107 cm³/mol. The molecule has 2 aromatic rings. The van der Waals surface area contributed by atoms with Crippen LogP contribution in [0.15, 0.2) is 48.5 Å². The van der Waals surface area contributed by atoms with Crippen molar-refractivity contribution in [1.29, 1.82) is 0 Å². The van der Waals surface area contributed by atoms with Crippen LogP contribution in [-0.4, -0.2) is 33.3 Å². The molecule has 4 nitrogen and oxygen atoms in total. The third-order valence-corrected chi connectivity index (χ3v) is 7.06. The summed E-state index contributed by atoms with van der Waals surface area (Å²) in [5, 5.41) is 3.84. The van der Waals surface area contributed by atoms with Crippen molar-refractivity contribution in [2.75, 3.05) is 11.5 Å². The molecular weight excluding hydrogens is 411 g/mol. The zero-order valence-electron chi connectivity index (χ0n) is 13.5. The SMILES string of the molecule is O=C1CS[C@H](c2cccc(Cl)c2)N1N1C(=O)CS[C@@H]1c1cccc(Cl)c1. The van der Waals surface area contributed by atoms with E-state index in [4.69, 9.17) is 23.2 Å². The molecule has 2 saturated heterocycles. The maximum absolute atomic E-state index is 12.7. The Labute approximate surface area is 169 Å². The maximum Gasteiger partial charge on any atom is 0.252 e. The minimum atomic E-state index is -0.273. The molecule has 2 heterocycles. The smallest absolute Gasteiger partial charge is 0.252 e. The largest absolute Gasteiger partial charge is 0.272 e. The molecule has 2 amide bonds. The number of hydrazine groups is 1. The zero-order valence-corrected chi connectivity index (χ0v) is 16.6. The van der Waals surface area contributed by atoms with E-state index in [0.29, 0.717) is 21.6 Å². The first-order valence-electron chi connectivity index (χ1n) is 7.93. The van der Waals surface area contributed by atoms with Crippen LogP contribution in [0.5, 0.6) is 0 Å². The Morgan fingerprint density at radius 2 is 1.19 bits per heavy atom. The van der Waals surface area contributed by atoms with Gasteiger partial charge in [-0.1, -0.05) is 47.5 Å². The van der Waals surface area contributed by atoms with Crippen LogP contribution >= 0.6 is 46.7 Å². The van der Waals surface area contributed by atoms with Crippen molar-refractivity contribution in [2.24, 2.45) is 0 Å². The Morgan fingerprint density at radius 1 is 0.769 bits per heavy atom. The second-order valence-corrected chi connectivity index (χ2v) is 8.92. The molecule has 134 valence electrons. The third-order valence-electron chi connectivity index (χ3n) is 4.18. The predicted octanol–water partition coefficient (Wildman–Crippen LogP) is 4.76. The van der Waals surface area contributed by atoms with Gasteiger partial charge in [0.1, 0.15) is 10.7 Å². The molecule has 0 aromatic heterocycles. The Balaban J connectivity index is 1.72. The average molecular weight is 425 g/mol. The van der Waals surface area contributed by atoms with Crippen LogP contribution < -0.4 is 0 Å². The molecule has 0 spiro atoms. The Bertz CT molecular complexity index is 808. The van der Waals surface area contributed by atoms with Gasteiger partial charge in [0.25, 0.3) is 11.8 Å². The molecule has 0 N–H and O–H groups in total. The topological polar surface area (TPSA) is 40.6 Å². The summed E-state index contributed by atoms with van der Waals surface area (Å²) in [7, 11) is 0. The number of amides is 2. The second kappa shape index (κ2) is 7.35. The molecule has 2 fully saturated rings. The summed E-state index contributed by atoms with van der Waals surface area (Å²) in [5.41, 5.74) is 1.81. The van der Waals surface area contributed by atoms with Crippen LogP contribution in [0.2, 0.25) is 10.0 Å². The monoisotopic (exact) mass is 424 g/mol. The van der Waals surface area contributed by atoms with Gasteiger partial charge in [0, 0.05) is 10.0 Å². The van der Waals surface area contributed by atoms with Gasteiger partial charge in [-0.05, 0) is 35.4 Å². The summed E-state index contributed by atoms with van der Waals surface area (Å²) in [6, 6.07) is 14.8. The van der Waals surface area contributed by atoms with E-state index in [1.54, 1.807) is 22.2 Å². The van der Waals surface area contributed by atoms with Crippen LogP contribution in [-0.2, 0) is 9.59 Å². The Morgan fingerprint density at radius 3 is 1.58 bits per heavy atom. The number of nitrogens with zero attached hydrogens (tertiary/aromatic N) is 2. The highest BCUT2D eigenvalue weighted by Crippen LogP contribution is 2.47. The van der Waals surface area contributed by atoms with Gasteiger partial charge in [-0.3, -0.25) is 9.59 Å². The van der Waals surface area contributed by atoms with Crippen molar-refractivity contribution in [1.82, 2.24) is 10.0 Å². The first-order chi connectivity index (χ1) is 12.5. The summed E-state index contributed by atoms with van der Waals surface area (Å²) in [4.78, 5) is 25.3. The molecule has 0 aliphatic carbocycles. The van der Waals surface area contributed by atoms with Gasteiger partial charge in [0.05, 0.1) is 11.5 Å². The van der Waals surface area contributed by atoms with Gasteiger partial charge < -0.3 is 0 Å². The summed E-state index contributed by atoms with van der Waals surface area (Å²) >= 11 is 15.2. The van der Waals surface area contributed by atoms with E-state index in [-0.39, 0.29) is 22.6 Å². The van der Waals surface area contributed by atoms with Crippen molar-refractivity contribution in [3.63, 3.8) is 0 Å². The van der Waals surface area contributed by atoms with Crippen molar-refractivity contribution in [2.45, 2.75) is 10.7 Å². The molecule has 2 atom stereocenters. The van der Waals surface area contributed by atoms with Crippen LogP contribution in [0.1, 0.15) is 21.9 Å². The van der Waals surface area contributed by atoms with E-state index in [1.807, 2.05) is 36.4 Å². The highest BCUT2D eigenvalue weighted by Gasteiger charge is 2.45. The second-order valence-electron chi connectivity index (χ2n) is 5.91. The molecule has 0 radical (unpaired) electrons. The molecule has 2 aliphatic heterocycles. The van der Waals surface area contributed by atoms with E-state index >= 15 is 0 Å². The Hall–Kier alpha value is -1.34. The van der Waals surface area contributed by atoms with Gasteiger partial charge in [0.15, 0.2) is 0 Å². The molecule has 0 unspecified atom stereocenters. The van der Waals surface area contributed by atoms with E-state index in [9.17, 15) is 9.59 Å². The minimum Gasteiger partial charge on any atom is -0.272 e. The normalized spacial score (nSPS) is 23.2. The first-order valence-corrected chi connectivity index (χ1v) is 10.8. The fraction of sp³-hybridized carbons (Fsp3) is 0.222. The summed E-state index contributed by atoms with van der Waals surface area (Å²) < 4.78 is 0. The molecular formula is C18H14Cl2N2O2S2. The average Bonchev–Trinajstić information content (AvgIpc) is 3.17. The van der Waals surface area contributed by atoms with Gasteiger partial charge >= 0.3 is 0 Å². The molecule has 2 aliphatic rings. The molecule has 2 aromatic carbocycles. The fourth-order valence-electron chi connectivity index (χ4n) is 3.10. The quantitative estimate of drug-likeness (QED) is 0.711. The van der Waals surface area contributed by atoms with E-state index in [2.05, 4.69) is 0 Å². The molecule has 26 heavy (non-hydrogen) atoms. The van der Waals surface area contributed by atoms with Gasteiger partial charge in [-0.15, -0.1) is 23.5 Å². The van der Waals surface area contributed by atoms with Gasteiger partial charge in [-0.2, -0.15) is 0 Å². The van der Waals surface area contributed by atoms with Crippen molar-refractivity contribution >= 4 is 58.5 Å². The lowest BCUT2D eigenvalue weighted by atomic mass is 10.2. The summed E-state index contributed by atoms with van der Waals surface area (Å²) in [5.74, 6) is 0.493. The van der Waals surface area contributed by atoms with Gasteiger partial charge in [0.2, 0.25) is 0 Å². The van der Waals surface area contributed by atoms with E-state index in [0.717, 1.165) is 11.1 Å². The number of halogens is 2. The Kier molecular flexibility index (Phi) is 5.10. The van der Waals surface area contributed by atoms with Crippen molar-refractivity contribution < 1.29 is 9.59 Å². The van der Waals surface area contributed by atoms with Gasteiger partial charge in [-0.25, -0.2) is 10.0 Å². The standard InChI is InChI=1S/C18H14Cl2N2O2S2/c19-13-5-1-3-11(7-13)17-21(15(23)9-25-17)22-16(24)10-26-18(22)12-4-2-6-14(20)8-12/h1-8,17-18H,9-10H2/t17-,18-/m1/s1. The lowest BCUT2D eigenvalue weighted by Gasteiger charge is -2.36. The van der Waals surface area contributed by atoms with Crippen LogP contribution in [0.25, 0.3) is 0 Å². The van der Waals surface area contributed by atoms with E-state index in [1.165, 1.54) is 23.5 Å². The highest BCUT2D eigenvalue weighted by molar-refractivity contribution is 8.01. The fourth-order valence-corrected chi connectivity index (χ4v) is 5.76.